The van der Waals surface area contributed by atoms with Gasteiger partial charge in [-0.25, -0.2) is 4.79 Å². The minimum atomic E-state index is -1.66. The molecular weight excluding hydrogens is 757 g/mol. The number of benzene rings is 3. The number of nitrogens with one attached hydrogen (secondary N) is 2. The van der Waals surface area contributed by atoms with Gasteiger partial charge in [0.05, 0.1) is 30.1 Å². The number of fused-ring (bicyclic) bond motifs is 8. The number of likely N-dealkylation sites (N-methyl/N-ethyl adjacent to an activating group) is 1. The average molecular weight is 799 g/mol. The number of aryl methyl sites for hydroxylation is 1. The number of hydrogen-bond donors (Lipinski definition) is 5. The van der Waals surface area contributed by atoms with Gasteiger partial charge in [-0.3, -0.25) is 24.7 Å². The smallest absolute Gasteiger partial charge is 0.333 e. The maximum Gasteiger partial charge on any atom is 0.333 e. The number of ether oxygens (including phenoxy) is 5. The van der Waals surface area contributed by atoms with Crippen LogP contribution in [0.5, 0.6) is 28.7 Å². The molecule has 5 N–H and O–H groups in total. The van der Waals surface area contributed by atoms with Crippen LogP contribution in [-0.2, 0) is 37.5 Å². The number of aromatic nitrogens is 1. The molecule has 9 heterocycles. The number of carboxylic acid groups (broad SMARTS) is 1. The van der Waals surface area contributed by atoms with Crippen molar-refractivity contribution < 1.29 is 53.4 Å². The van der Waals surface area contributed by atoms with Crippen molar-refractivity contribution in [3.8, 4) is 28.7 Å². The molecular formula is C41H42N4O11S. The van der Waals surface area contributed by atoms with Crippen LogP contribution in [0.25, 0.3) is 10.9 Å². The van der Waals surface area contributed by atoms with Crippen LogP contribution in [0.2, 0.25) is 0 Å². The lowest BCUT2D eigenvalue weighted by Gasteiger charge is -2.60. The van der Waals surface area contributed by atoms with E-state index in [1.54, 1.807) is 6.92 Å². The molecule has 0 radical (unpaired) electrons. The zero-order valence-electron chi connectivity index (χ0n) is 31.9. The Morgan fingerprint density at radius 1 is 1.07 bits per heavy atom. The molecule has 15 nitrogen and oxygen atoms in total. The Morgan fingerprint density at radius 2 is 1.84 bits per heavy atom. The lowest BCUT2D eigenvalue weighted by atomic mass is 9.78. The molecule has 298 valence electrons. The number of carbonyl (C=O) groups is 3. The van der Waals surface area contributed by atoms with E-state index in [0.717, 1.165) is 16.5 Å². The number of carbonyl (C=O) groups excluding carboxylic acids is 2. The number of aliphatic hydroxyl groups is 1. The summed E-state index contributed by atoms with van der Waals surface area (Å²) in [5.41, 5.74) is 2.54. The van der Waals surface area contributed by atoms with Gasteiger partial charge in [0.25, 0.3) is 0 Å². The molecule has 4 aromatic rings. The minimum Gasteiger partial charge on any atom is -0.504 e. The highest BCUT2D eigenvalue weighted by molar-refractivity contribution is 7.99. The number of nitrogens with zero attached hydrogens (tertiary/aromatic N) is 2. The van der Waals surface area contributed by atoms with Crippen LogP contribution in [0.3, 0.4) is 0 Å². The van der Waals surface area contributed by atoms with Gasteiger partial charge in [0, 0.05) is 71.3 Å². The number of piperazine rings is 1. The maximum absolute atomic E-state index is 15.0. The Bertz CT molecular complexity index is 2450. The number of aromatic hydroxyl groups is 1. The van der Waals surface area contributed by atoms with Crippen LogP contribution in [0.1, 0.15) is 68.9 Å². The molecule has 0 aliphatic carbocycles. The van der Waals surface area contributed by atoms with Gasteiger partial charge in [-0.1, -0.05) is 24.3 Å². The van der Waals surface area contributed by atoms with Crippen molar-refractivity contribution in [1.29, 1.82) is 0 Å². The third kappa shape index (κ3) is 4.91. The van der Waals surface area contributed by atoms with Gasteiger partial charge in [-0.2, -0.15) is 0 Å². The van der Waals surface area contributed by atoms with Gasteiger partial charge >= 0.3 is 17.9 Å². The molecule has 8 aliphatic heterocycles. The molecule has 2 fully saturated rings. The number of rotatable bonds is 3. The van der Waals surface area contributed by atoms with Crippen LogP contribution in [0.15, 0.2) is 30.3 Å². The summed E-state index contributed by atoms with van der Waals surface area (Å²) in [6.07, 6.45) is 0.262. The van der Waals surface area contributed by atoms with Crippen molar-refractivity contribution in [3.63, 3.8) is 0 Å². The second-order valence-electron chi connectivity index (χ2n) is 16.0. The highest BCUT2D eigenvalue weighted by Gasteiger charge is 2.64. The minimum absolute atomic E-state index is 0.0282. The molecule has 1 aromatic heterocycles. The van der Waals surface area contributed by atoms with Gasteiger partial charge < -0.3 is 44.0 Å². The second kappa shape index (κ2) is 12.5. The molecule has 3 aromatic carbocycles. The number of hydrogen-bond acceptors (Lipinski definition) is 14. The van der Waals surface area contributed by atoms with Crippen molar-refractivity contribution in [2.24, 2.45) is 0 Å². The summed E-state index contributed by atoms with van der Waals surface area (Å²) in [4.78, 5) is 48.3. The lowest BCUT2D eigenvalue weighted by molar-refractivity contribution is -0.215. The zero-order valence-corrected chi connectivity index (χ0v) is 32.7. The first-order chi connectivity index (χ1) is 27.3. The normalized spacial score (nSPS) is 30.9. The summed E-state index contributed by atoms with van der Waals surface area (Å²) in [5, 5.41) is 39.1. The van der Waals surface area contributed by atoms with Gasteiger partial charge in [0.2, 0.25) is 6.79 Å². The quantitative estimate of drug-likeness (QED) is 0.149. The standard InChI is InChI=1S/C41H42N4O11S/c1-17-10-20-12-40(51)14-44(4)29(26(20)31(47)32(17)52-5)30-36-28-27(35-34(54-16-55-35)18(2)33(28)56-19(3)46)25(45(30)40)13-53-39(50)41(15-57-36)37-22(11-24(43-41)38(48)49)21-8-6-7-9-23(21)42-37/h6-10,24-25,29-30,36,42-43,47,51H,11-16H2,1-5H3,(H,48,49)/t24-,25-,29-,30+,36+,40?,41+/m0/s1. The SMILES string of the molecule is COc1c(C)cc2c(c1O)[C@H]1[C@@H]3[C@@H]4SC[C@]5(N[C@H](C(=O)O)Cc6c5[nH]c5ccccc65)C(=O)OC[C@@H](c5c6c(c(C)c(OC(C)=O)c54)OCO6)N3C(O)(C2)CN1C. The summed E-state index contributed by atoms with van der Waals surface area (Å²) in [6, 6.07) is 6.27. The van der Waals surface area contributed by atoms with E-state index in [4.69, 9.17) is 23.7 Å². The largest absolute Gasteiger partial charge is 0.504 e. The van der Waals surface area contributed by atoms with E-state index in [1.807, 2.05) is 54.1 Å². The van der Waals surface area contributed by atoms with Crippen molar-refractivity contribution in [1.82, 2.24) is 20.1 Å². The summed E-state index contributed by atoms with van der Waals surface area (Å²) in [7, 11) is 3.41. The molecule has 2 unspecified atom stereocenters. The van der Waals surface area contributed by atoms with Crippen LogP contribution in [0.4, 0.5) is 0 Å². The molecule has 8 atom stereocenters. The number of H-pyrrole nitrogens is 1. The number of esters is 2. The average Bonchev–Trinajstić information content (AvgIpc) is 3.76. The summed E-state index contributed by atoms with van der Waals surface area (Å²) in [5.74, 6) is -1.00. The second-order valence-corrected chi connectivity index (χ2v) is 17.1. The third-order valence-corrected chi connectivity index (χ3v) is 14.3. The number of carboxylic acids is 1. The molecule has 0 amide bonds. The third-order valence-electron chi connectivity index (χ3n) is 12.8. The van der Waals surface area contributed by atoms with Crippen LogP contribution in [0, 0.1) is 13.8 Å². The van der Waals surface area contributed by atoms with Crippen LogP contribution in [-0.4, -0.2) is 106 Å². The number of aliphatic carboxylic acids is 1. The highest BCUT2D eigenvalue weighted by Crippen LogP contribution is 2.65. The summed E-state index contributed by atoms with van der Waals surface area (Å²) in [6.45, 7) is 4.76. The van der Waals surface area contributed by atoms with E-state index in [-0.39, 0.29) is 50.0 Å². The molecule has 8 aliphatic rings. The molecule has 57 heavy (non-hydrogen) atoms. The molecule has 12 rings (SSSR count). The Balaban J connectivity index is 1.26. The fourth-order valence-electron chi connectivity index (χ4n) is 10.7. The monoisotopic (exact) mass is 798 g/mol. The Labute approximate surface area is 331 Å². The number of thioether (sulfide) groups is 1. The van der Waals surface area contributed by atoms with Gasteiger partial charge in [-0.05, 0) is 43.7 Å². The summed E-state index contributed by atoms with van der Waals surface area (Å²) < 4.78 is 30.5. The molecule has 0 saturated carbocycles. The maximum atomic E-state index is 15.0. The first-order valence-corrected chi connectivity index (χ1v) is 20.0. The van der Waals surface area contributed by atoms with E-state index in [9.17, 15) is 29.7 Å². The van der Waals surface area contributed by atoms with E-state index in [1.165, 1.54) is 25.8 Å². The van der Waals surface area contributed by atoms with Crippen LogP contribution < -0.4 is 24.3 Å². The van der Waals surface area contributed by atoms with Crippen molar-refractivity contribution in [3.05, 3.63) is 75.0 Å². The summed E-state index contributed by atoms with van der Waals surface area (Å²) >= 11 is 1.37. The Hall–Kier alpha value is -5.00. The predicted octanol–water partition coefficient (Wildman–Crippen LogP) is 3.64. The number of methoxy groups -OCH3 is 1. The first kappa shape index (κ1) is 36.3. The number of aromatic amines is 1. The van der Waals surface area contributed by atoms with Gasteiger partial charge in [-0.15, -0.1) is 11.8 Å². The van der Waals surface area contributed by atoms with Gasteiger partial charge in [0.15, 0.2) is 28.5 Å². The molecule has 2 saturated heterocycles. The van der Waals surface area contributed by atoms with Gasteiger partial charge in [0.1, 0.15) is 24.1 Å². The van der Waals surface area contributed by atoms with Crippen LogP contribution >= 0.6 is 11.8 Å². The van der Waals surface area contributed by atoms with E-state index >= 15 is 0 Å². The Kier molecular flexibility index (Phi) is 7.97. The Morgan fingerprint density at radius 3 is 2.60 bits per heavy atom. The van der Waals surface area contributed by atoms with Crippen molar-refractivity contribution in [2.45, 2.75) is 74.3 Å². The number of para-hydroxylation sites is 1. The van der Waals surface area contributed by atoms with E-state index in [2.05, 4.69) is 10.3 Å². The van der Waals surface area contributed by atoms with Crippen molar-refractivity contribution >= 4 is 40.6 Å². The first-order valence-electron chi connectivity index (χ1n) is 18.9. The topological polar surface area (TPSA) is 192 Å². The predicted molar refractivity (Wildman–Crippen MR) is 205 cm³/mol. The molecule has 1 spiro atoms. The number of phenols is 1. The molecule has 4 bridgehead atoms. The van der Waals surface area contributed by atoms with E-state index in [0.29, 0.717) is 56.3 Å². The highest BCUT2D eigenvalue weighted by atomic mass is 32.2. The fraction of sp³-hybridized carbons (Fsp3) is 0.439. The fourth-order valence-corrected chi connectivity index (χ4v) is 12.4. The van der Waals surface area contributed by atoms with Crippen molar-refractivity contribution in [2.75, 3.05) is 39.9 Å². The zero-order chi connectivity index (χ0) is 39.9. The number of phenolic OH excluding ortho intramolecular Hbond substituents is 1. The lowest BCUT2D eigenvalue weighted by Crippen LogP contribution is -2.70. The van der Waals surface area contributed by atoms with E-state index < -0.39 is 58.6 Å². The molecule has 16 heteroatoms.